The maximum atomic E-state index is 13.8. The summed E-state index contributed by atoms with van der Waals surface area (Å²) < 4.78 is 27.6. The Kier molecular flexibility index (Phi) is 9.65. The number of aryl methyl sites for hydroxylation is 1. The largest absolute Gasteiger partial charge is 0.205 e. The second-order valence-corrected chi connectivity index (χ2v) is 14.9. The van der Waals surface area contributed by atoms with Gasteiger partial charge < -0.3 is 0 Å². The fraction of sp³-hybridized carbons (Fsp3) is 0.600. The zero-order chi connectivity index (χ0) is 23.9. The number of rotatable bonds is 9. The molecule has 1 saturated carbocycles. The van der Waals surface area contributed by atoms with E-state index in [0.717, 1.165) is 29.7 Å². The standard InChI is InChI=1S/C30H41ClF2Si/c1-2-3-4-17-34-18-15-26(16-19-34)24-11-7-22(8-12-24)5-6-23-9-13-25(14-10-23)27-20-28(32)30(31)29(33)21-27/h9-10,13-14,20-22,24,26,34H,2-8,11-12,15-19H2,1H3. The van der Waals surface area contributed by atoms with Gasteiger partial charge in [0.1, 0.15) is 16.7 Å². The summed E-state index contributed by atoms with van der Waals surface area (Å²) in [5, 5.41) is -0.438. The summed E-state index contributed by atoms with van der Waals surface area (Å²) in [6.45, 7) is 2.32. The van der Waals surface area contributed by atoms with Gasteiger partial charge in [-0.05, 0) is 72.3 Å². The molecule has 0 atom stereocenters. The van der Waals surface area contributed by atoms with Crippen molar-refractivity contribution >= 4 is 20.4 Å². The Morgan fingerprint density at radius 1 is 0.824 bits per heavy atom. The van der Waals surface area contributed by atoms with E-state index in [4.69, 9.17) is 11.6 Å². The van der Waals surface area contributed by atoms with Crippen LogP contribution in [0.15, 0.2) is 36.4 Å². The zero-order valence-corrected chi connectivity index (χ0v) is 22.7. The molecule has 2 aromatic carbocycles. The Bertz CT molecular complexity index is 874. The van der Waals surface area contributed by atoms with Crippen molar-refractivity contribution in [2.45, 2.75) is 95.7 Å². The molecule has 0 unspecified atom stereocenters. The average Bonchev–Trinajstić information content (AvgIpc) is 2.87. The van der Waals surface area contributed by atoms with Crippen LogP contribution in [0.2, 0.25) is 23.2 Å². The van der Waals surface area contributed by atoms with Gasteiger partial charge in [0.05, 0.1) is 0 Å². The summed E-state index contributed by atoms with van der Waals surface area (Å²) in [4.78, 5) is 0. The first-order valence-corrected chi connectivity index (χ1v) is 16.6. The van der Waals surface area contributed by atoms with Crippen LogP contribution < -0.4 is 0 Å². The lowest BCUT2D eigenvalue weighted by Crippen LogP contribution is -2.28. The molecule has 4 heteroatoms. The van der Waals surface area contributed by atoms with Crippen LogP contribution in [0.1, 0.15) is 76.7 Å². The van der Waals surface area contributed by atoms with Crippen molar-refractivity contribution in [1.29, 1.82) is 0 Å². The maximum absolute atomic E-state index is 13.8. The molecule has 0 nitrogen and oxygen atoms in total. The molecule has 1 aliphatic carbocycles. The van der Waals surface area contributed by atoms with Crippen molar-refractivity contribution in [1.82, 2.24) is 0 Å². The molecule has 0 N–H and O–H groups in total. The Labute approximate surface area is 212 Å². The number of hydrogen-bond acceptors (Lipinski definition) is 0. The van der Waals surface area contributed by atoms with Crippen molar-refractivity contribution in [3.63, 3.8) is 0 Å². The van der Waals surface area contributed by atoms with Crippen LogP contribution in [0.25, 0.3) is 11.1 Å². The highest BCUT2D eigenvalue weighted by Crippen LogP contribution is 2.42. The van der Waals surface area contributed by atoms with Crippen molar-refractivity contribution in [3.8, 4) is 11.1 Å². The fourth-order valence-corrected chi connectivity index (χ4v) is 10.2. The van der Waals surface area contributed by atoms with Gasteiger partial charge in [0.15, 0.2) is 0 Å². The van der Waals surface area contributed by atoms with Crippen LogP contribution >= 0.6 is 11.6 Å². The second kappa shape index (κ2) is 12.7. The van der Waals surface area contributed by atoms with Gasteiger partial charge in [-0.15, -0.1) is 0 Å². The van der Waals surface area contributed by atoms with E-state index in [-0.39, 0.29) is 8.80 Å². The monoisotopic (exact) mass is 502 g/mol. The number of halogens is 3. The molecular weight excluding hydrogens is 462 g/mol. The fourth-order valence-electron chi connectivity index (χ4n) is 6.54. The van der Waals surface area contributed by atoms with E-state index in [1.165, 1.54) is 69.1 Å². The van der Waals surface area contributed by atoms with E-state index < -0.39 is 16.7 Å². The molecule has 0 bridgehead atoms. The Hall–Kier alpha value is -1.19. The van der Waals surface area contributed by atoms with Gasteiger partial charge in [0, 0.05) is 8.80 Å². The van der Waals surface area contributed by atoms with Gasteiger partial charge in [-0.25, -0.2) is 8.78 Å². The van der Waals surface area contributed by atoms with E-state index in [2.05, 4.69) is 19.1 Å². The van der Waals surface area contributed by atoms with Crippen LogP contribution in [0.5, 0.6) is 0 Å². The predicted octanol–water partition coefficient (Wildman–Crippen LogP) is 9.85. The summed E-state index contributed by atoms with van der Waals surface area (Å²) in [5.74, 6) is 1.47. The third kappa shape index (κ3) is 6.94. The van der Waals surface area contributed by atoms with Crippen molar-refractivity contribution in [3.05, 3.63) is 58.6 Å². The normalized spacial score (nSPS) is 25.4. The van der Waals surface area contributed by atoms with Gasteiger partial charge >= 0.3 is 0 Å². The van der Waals surface area contributed by atoms with Crippen LogP contribution in [0.4, 0.5) is 8.78 Å². The number of benzene rings is 2. The summed E-state index contributed by atoms with van der Waals surface area (Å²) in [6.07, 6.45) is 15.5. The lowest BCUT2D eigenvalue weighted by atomic mass is 9.73. The van der Waals surface area contributed by atoms with Gasteiger partial charge in [-0.2, -0.15) is 0 Å². The van der Waals surface area contributed by atoms with E-state index in [1.54, 1.807) is 31.0 Å². The summed E-state index contributed by atoms with van der Waals surface area (Å²) >= 11 is 5.61. The summed E-state index contributed by atoms with van der Waals surface area (Å²) in [6, 6.07) is 15.6. The van der Waals surface area contributed by atoms with Crippen molar-refractivity contribution in [2.24, 2.45) is 17.8 Å². The van der Waals surface area contributed by atoms with Crippen LogP contribution in [0, 0.1) is 29.4 Å². The van der Waals surface area contributed by atoms with E-state index in [0.29, 0.717) is 5.56 Å². The molecule has 2 aromatic rings. The van der Waals surface area contributed by atoms with Crippen molar-refractivity contribution in [2.75, 3.05) is 0 Å². The lowest BCUT2D eigenvalue weighted by molar-refractivity contribution is 0.186. The molecule has 4 rings (SSSR count). The van der Waals surface area contributed by atoms with Gasteiger partial charge in [-0.3, -0.25) is 0 Å². The molecule has 186 valence electrons. The van der Waals surface area contributed by atoms with Crippen molar-refractivity contribution < 1.29 is 8.78 Å². The highest BCUT2D eigenvalue weighted by atomic mass is 35.5. The molecule has 2 aliphatic rings. The summed E-state index contributed by atoms with van der Waals surface area (Å²) in [7, 11) is -0.384. The third-order valence-electron chi connectivity index (χ3n) is 8.78. The third-order valence-corrected chi connectivity index (χ3v) is 12.7. The average molecular weight is 503 g/mol. The molecule has 0 radical (unpaired) electrons. The highest BCUT2D eigenvalue weighted by molar-refractivity contribution is 6.58. The Morgan fingerprint density at radius 2 is 1.44 bits per heavy atom. The van der Waals surface area contributed by atoms with E-state index in [9.17, 15) is 8.78 Å². The number of hydrogen-bond donors (Lipinski definition) is 0. The van der Waals surface area contributed by atoms with Gasteiger partial charge in [-0.1, -0.05) is 106 Å². The minimum Gasteiger partial charge on any atom is -0.205 e. The Balaban J connectivity index is 1.18. The van der Waals surface area contributed by atoms with Gasteiger partial charge in [0.25, 0.3) is 0 Å². The summed E-state index contributed by atoms with van der Waals surface area (Å²) in [5.41, 5.74) is 2.66. The molecule has 0 amide bonds. The first-order chi connectivity index (χ1) is 16.5. The topological polar surface area (TPSA) is 0 Å². The minimum absolute atomic E-state index is 0.384. The van der Waals surface area contributed by atoms with E-state index >= 15 is 0 Å². The predicted molar refractivity (Wildman–Crippen MR) is 144 cm³/mol. The highest BCUT2D eigenvalue weighted by Gasteiger charge is 2.31. The number of unbranched alkanes of at least 4 members (excludes halogenated alkanes) is 2. The lowest BCUT2D eigenvalue weighted by Gasteiger charge is -2.37. The molecule has 0 aromatic heterocycles. The second-order valence-electron chi connectivity index (χ2n) is 11.0. The minimum atomic E-state index is -0.710. The first kappa shape index (κ1) is 25.9. The molecule has 1 heterocycles. The van der Waals surface area contributed by atoms with Gasteiger partial charge in [0.2, 0.25) is 0 Å². The smallest absolute Gasteiger partial charge is 0.145 e. The molecule has 1 saturated heterocycles. The quantitative estimate of drug-likeness (QED) is 0.182. The molecule has 0 spiro atoms. The van der Waals surface area contributed by atoms with Crippen LogP contribution in [-0.2, 0) is 6.42 Å². The van der Waals surface area contributed by atoms with Crippen LogP contribution in [-0.4, -0.2) is 8.80 Å². The maximum Gasteiger partial charge on any atom is 0.145 e. The molecule has 34 heavy (non-hydrogen) atoms. The van der Waals surface area contributed by atoms with Crippen LogP contribution in [0.3, 0.4) is 0 Å². The molecular formula is C30H41ClF2Si. The Morgan fingerprint density at radius 3 is 2.06 bits per heavy atom. The zero-order valence-electron chi connectivity index (χ0n) is 20.8. The first-order valence-electron chi connectivity index (χ1n) is 13.8. The molecule has 1 aliphatic heterocycles. The molecule has 2 fully saturated rings. The SMILES string of the molecule is CCCCC[SiH]1CCC(C2CCC(CCc3ccc(-c4cc(F)c(Cl)c(F)c4)cc3)CC2)CC1. The van der Waals surface area contributed by atoms with E-state index in [1.807, 2.05) is 12.1 Å².